The van der Waals surface area contributed by atoms with E-state index in [0.29, 0.717) is 12.1 Å². The summed E-state index contributed by atoms with van der Waals surface area (Å²) in [5.41, 5.74) is 2.48. The molecule has 1 unspecified atom stereocenters. The molecule has 1 aromatic heterocycles. The fourth-order valence-corrected chi connectivity index (χ4v) is 4.09. The maximum absolute atomic E-state index is 13.5. The standard InChI is InChI=1S/C25H25NO4/c1-3-4-9-14-26-22(18-12-7-5-10-16(18)2)21(24(28)25(26)29)23(27)20-15-17-11-6-8-13-19(17)30-20/h5-8,10-13,15,22,28H,3-4,9,14H2,1-2H3. The number of hydrogen-bond acceptors (Lipinski definition) is 4. The van der Waals surface area contributed by atoms with E-state index in [2.05, 4.69) is 6.92 Å². The lowest BCUT2D eigenvalue weighted by Gasteiger charge is -2.27. The molecule has 0 spiro atoms. The van der Waals surface area contributed by atoms with E-state index in [1.807, 2.05) is 49.4 Å². The van der Waals surface area contributed by atoms with Crippen LogP contribution in [-0.4, -0.2) is 28.2 Å². The van der Waals surface area contributed by atoms with Gasteiger partial charge < -0.3 is 14.4 Å². The van der Waals surface area contributed by atoms with Crippen molar-refractivity contribution >= 4 is 22.7 Å². The molecule has 4 rings (SSSR count). The largest absolute Gasteiger partial charge is 0.503 e. The zero-order valence-corrected chi connectivity index (χ0v) is 17.2. The van der Waals surface area contributed by atoms with Gasteiger partial charge in [-0.1, -0.05) is 62.2 Å². The van der Waals surface area contributed by atoms with Gasteiger partial charge in [0, 0.05) is 11.9 Å². The Labute approximate surface area is 175 Å². The van der Waals surface area contributed by atoms with Gasteiger partial charge in [-0.05, 0) is 36.6 Å². The van der Waals surface area contributed by atoms with E-state index in [1.165, 1.54) is 0 Å². The second-order valence-corrected chi connectivity index (χ2v) is 7.70. The number of ketones is 1. The minimum Gasteiger partial charge on any atom is -0.503 e. The van der Waals surface area contributed by atoms with Crippen LogP contribution >= 0.6 is 0 Å². The molecule has 0 saturated carbocycles. The van der Waals surface area contributed by atoms with E-state index >= 15 is 0 Å². The van der Waals surface area contributed by atoms with Crippen molar-refractivity contribution in [1.82, 2.24) is 4.90 Å². The average molecular weight is 403 g/mol. The fraction of sp³-hybridized carbons (Fsp3) is 0.280. The van der Waals surface area contributed by atoms with Crippen molar-refractivity contribution in [3.63, 3.8) is 0 Å². The number of fused-ring (bicyclic) bond motifs is 1. The molecule has 1 N–H and O–H groups in total. The van der Waals surface area contributed by atoms with Crippen molar-refractivity contribution < 1.29 is 19.1 Å². The predicted molar refractivity (Wildman–Crippen MR) is 115 cm³/mol. The second-order valence-electron chi connectivity index (χ2n) is 7.70. The SMILES string of the molecule is CCCCCN1C(=O)C(O)=C(C(=O)c2cc3ccccc3o2)C1c1ccccc1C. The second kappa shape index (κ2) is 8.19. The van der Waals surface area contributed by atoms with Crippen molar-refractivity contribution in [1.29, 1.82) is 0 Å². The third kappa shape index (κ3) is 3.41. The van der Waals surface area contributed by atoms with Crippen LogP contribution in [0.5, 0.6) is 0 Å². The first-order chi connectivity index (χ1) is 14.5. The van der Waals surface area contributed by atoms with Crippen LogP contribution in [0.3, 0.4) is 0 Å². The molecule has 1 aliphatic heterocycles. The van der Waals surface area contributed by atoms with Crippen molar-refractivity contribution in [2.24, 2.45) is 0 Å². The Bertz CT molecular complexity index is 1110. The summed E-state index contributed by atoms with van der Waals surface area (Å²) in [6, 6.07) is 16.0. The van der Waals surface area contributed by atoms with Crippen molar-refractivity contribution in [2.45, 2.75) is 39.2 Å². The van der Waals surface area contributed by atoms with Gasteiger partial charge in [0.25, 0.3) is 5.91 Å². The van der Waals surface area contributed by atoms with Crippen LogP contribution in [-0.2, 0) is 4.79 Å². The number of amides is 1. The number of nitrogens with zero attached hydrogens (tertiary/aromatic N) is 1. The van der Waals surface area contributed by atoms with Gasteiger partial charge in [0.15, 0.2) is 11.5 Å². The zero-order valence-electron chi connectivity index (χ0n) is 17.2. The number of furan rings is 1. The smallest absolute Gasteiger partial charge is 0.290 e. The first-order valence-electron chi connectivity index (χ1n) is 10.4. The van der Waals surface area contributed by atoms with Gasteiger partial charge in [-0.15, -0.1) is 0 Å². The van der Waals surface area contributed by atoms with Crippen LogP contribution in [0.15, 0.2) is 70.3 Å². The third-order valence-corrected chi connectivity index (χ3v) is 5.68. The Morgan fingerprint density at radius 1 is 1.10 bits per heavy atom. The minimum absolute atomic E-state index is 0.0878. The summed E-state index contributed by atoms with van der Waals surface area (Å²) in [6.45, 7) is 4.52. The number of Topliss-reactive ketones (excluding diaryl/α,β-unsaturated/α-hetero) is 1. The lowest BCUT2D eigenvalue weighted by Crippen LogP contribution is -2.32. The summed E-state index contributed by atoms with van der Waals surface area (Å²) in [6.07, 6.45) is 2.79. The summed E-state index contributed by atoms with van der Waals surface area (Å²) < 4.78 is 5.75. The Morgan fingerprint density at radius 3 is 2.57 bits per heavy atom. The van der Waals surface area contributed by atoms with Gasteiger partial charge in [0.05, 0.1) is 11.6 Å². The maximum Gasteiger partial charge on any atom is 0.290 e. The molecule has 1 amide bonds. The minimum atomic E-state index is -0.628. The first kappa shape index (κ1) is 20.0. The van der Waals surface area contributed by atoms with Crippen molar-refractivity contribution in [2.75, 3.05) is 6.54 Å². The van der Waals surface area contributed by atoms with Crippen LogP contribution in [0.2, 0.25) is 0 Å². The number of rotatable bonds is 7. The first-order valence-corrected chi connectivity index (χ1v) is 10.4. The molecule has 0 radical (unpaired) electrons. The van der Waals surface area contributed by atoms with Crippen LogP contribution in [0.1, 0.15) is 53.9 Å². The molecule has 0 fully saturated rings. The molecule has 30 heavy (non-hydrogen) atoms. The monoisotopic (exact) mass is 403 g/mol. The summed E-state index contributed by atoms with van der Waals surface area (Å²) in [7, 11) is 0. The van der Waals surface area contributed by atoms with Gasteiger partial charge in [-0.25, -0.2) is 0 Å². The number of carbonyl (C=O) groups excluding carboxylic acids is 2. The highest BCUT2D eigenvalue weighted by Gasteiger charge is 2.44. The zero-order chi connectivity index (χ0) is 21.3. The Morgan fingerprint density at radius 2 is 1.83 bits per heavy atom. The fourth-order valence-electron chi connectivity index (χ4n) is 4.09. The van der Waals surface area contributed by atoms with Gasteiger partial charge in [0.1, 0.15) is 5.58 Å². The van der Waals surface area contributed by atoms with Gasteiger partial charge in [0.2, 0.25) is 5.78 Å². The number of aliphatic hydroxyl groups excluding tert-OH is 1. The summed E-state index contributed by atoms with van der Waals surface area (Å²) in [4.78, 5) is 28.0. The number of para-hydroxylation sites is 1. The van der Waals surface area contributed by atoms with Crippen molar-refractivity contribution in [3.05, 3.63) is 82.8 Å². The molecule has 2 aromatic carbocycles. The van der Waals surface area contributed by atoms with Gasteiger partial charge in [-0.3, -0.25) is 9.59 Å². The maximum atomic E-state index is 13.5. The van der Waals surface area contributed by atoms with Crippen LogP contribution in [0.4, 0.5) is 0 Å². The number of carbonyl (C=O) groups is 2. The molecule has 1 atom stereocenters. The highest BCUT2D eigenvalue weighted by molar-refractivity contribution is 6.16. The molecule has 0 aliphatic carbocycles. The number of aryl methyl sites for hydroxylation is 1. The van der Waals surface area contributed by atoms with Gasteiger partial charge >= 0.3 is 0 Å². The quantitative estimate of drug-likeness (QED) is 0.417. The van der Waals surface area contributed by atoms with Crippen molar-refractivity contribution in [3.8, 4) is 0 Å². The predicted octanol–water partition coefficient (Wildman–Crippen LogP) is 5.51. The van der Waals surface area contributed by atoms with Crippen LogP contribution in [0.25, 0.3) is 11.0 Å². The molecule has 1 aliphatic rings. The van der Waals surface area contributed by atoms with Crippen LogP contribution < -0.4 is 0 Å². The number of unbranched alkanes of at least 4 members (excludes halogenated alkanes) is 2. The molecule has 0 saturated heterocycles. The van der Waals surface area contributed by atoms with E-state index in [0.717, 1.165) is 35.8 Å². The Balaban J connectivity index is 1.79. The average Bonchev–Trinajstić information content (AvgIpc) is 3.29. The molecule has 154 valence electrons. The molecule has 0 bridgehead atoms. The Kier molecular flexibility index (Phi) is 5.44. The summed E-state index contributed by atoms with van der Waals surface area (Å²) >= 11 is 0. The van der Waals surface area contributed by atoms with E-state index < -0.39 is 23.5 Å². The molecule has 2 heterocycles. The summed E-state index contributed by atoms with van der Waals surface area (Å²) in [5.74, 6) is -1.31. The van der Waals surface area contributed by atoms with E-state index in [9.17, 15) is 14.7 Å². The lowest BCUT2D eigenvalue weighted by molar-refractivity contribution is -0.129. The number of aliphatic hydroxyl groups is 1. The highest BCUT2D eigenvalue weighted by atomic mass is 16.3. The number of benzene rings is 2. The summed E-state index contributed by atoms with van der Waals surface area (Å²) in [5, 5.41) is 11.5. The van der Waals surface area contributed by atoms with Gasteiger partial charge in [-0.2, -0.15) is 0 Å². The third-order valence-electron chi connectivity index (χ3n) is 5.68. The molecule has 5 heteroatoms. The number of hydrogen-bond donors (Lipinski definition) is 1. The lowest BCUT2D eigenvalue weighted by atomic mass is 9.92. The van der Waals surface area contributed by atoms with E-state index in [4.69, 9.17) is 4.42 Å². The topological polar surface area (TPSA) is 70.8 Å². The molecule has 3 aromatic rings. The molecular formula is C25H25NO4. The van der Waals surface area contributed by atoms with E-state index in [-0.39, 0.29) is 11.3 Å². The van der Waals surface area contributed by atoms with E-state index in [1.54, 1.807) is 17.0 Å². The van der Waals surface area contributed by atoms with Crippen LogP contribution in [0, 0.1) is 6.92 Å². The highest BCUT2D eigenvalue weighted by Crippen LogP contribution is 2.40. The molecular weight excluding hydrogens is 378 g/mol. The Hall–Kier alpha value is -3.34. The normalized spacial score (nSPS) is 16.7. The molecule has 5 nitrogen and oxygen atoms in total.